The second-order valence-corrected chi connectivity index (χ2v) is 4.25. The van der Waals surface area contributed by atoms with Crippen molar-refractivity contribution in [2.75, 3.05) is 13.1 Å². The molecule has 17 heavy (non-hydrogen) atoms. The van der Waals surface area contributed by atoms with Crippen molar-refractivity contribution in [2.45, 2.75) is 18.9 Å². The number of benzene rings is 1. The molecule has 0 radical (unpaired) electrons. The lowest BCUT2D eigenvalue weighted by Gasteiger charge is -2.30. The Labute approximate surface area is 98.9 Å². The molecule has 0 aliphatic carbocycles. The van der Waals surface area contributed by atoms with Crippen LogP contribution in [0.1, 0.15) is 23.2 Å². The number of carbonyl (C=O) groups excluding carboxylic acids is 1. The Bertz CT molecular complexity index is 433. The number of phenolic OH excluding ortho intramolecular Hbond substituents is 2. The zero-order valence-electron chi connectivity index (χ0n) is 9.33. The van der Waals surface area contributed by atoms with E-state index in [9.17, 15) is 20.1 Å². The number of hydrogen-bond acceptors (Lipinski definition) is 4. The predicted octanol–water partition coefficient (Wildman–Crippen LogP) is 0.695. The van der Waals surface area contributed by atoms with Crippen molar-refractivity contribution in [3.8, 4) is 11.5 Å². The van der Waals surface area contributed by atoms with Gasteiger partial charge in [0.05, 0.1) is 11.7 Å². The summed E-state index contributed by atoms with van der Waals surface area (Å²) in [5.74, 6) is -0.589. The zero-order valence-corrected chi connectivity index (χ0v) is 9.33. The van der Waals surface area contributed by atoms with Gasteiger partial charge in [0.15, 0.2) is 0 Å². The van der Waals surface area contributed by atoms with Crippen LogP contribution in [0.15, 0.2) is 18.2 Å². The molecule has 0 spiro atoms. The number of carbonyl (C=O) groups is 1. The quantitative estimate of drug-likeness (QED) is 0.628. The second kappa shape index (κ2) is 4.63. The van der Waals surface area contributed by atoms with Gasteiger partial charge in [-0.2, -0.15) is 0 Å². The van der Waals surface area contributed by atoms with E-state index >= 15 is 0 Å². The monoisotopic (exact) mass is 237 g/mol. The van der Waals surface area contributed by atoms with Crippen molar-refractivity contribution >= 4 is 5.91 Å². The number of piperidine rings is 1. The lowest BCUT2D eigenvalue weighted by Crippen LogP contribution is -2.42. The topological polar surface area (TPSA) is 81.0 Å². The molecule has 1 amide bonds. The summed E-state index contributed by atoms with van der Waals surface area (Å²) in [5.41, 5.74) is 0.0686. The van der Waals surface area contributed by atoms with Gasteiger partial charge < -0.3 is 20.2 Å². The Kier molecular flexibility index (Phi) is 3.19. The van der Waals surface area contributed by atoms with Crippen LogP contribution in [0.4, 0.5) is 0 Å². The highest BCUT2D eigenvalue weighted by atomic mass is 16.3. The Hall–Kier alpha value is -1.75. The van der Waals surface area contributed by atoms with Gasteiger partial charge in [-0.05, 0) is 31.0 Å². The molecule has 1 heterocycles. The summed E-state index contributed by atoms with van der Waals surface area (Å²) in [6, 6.07) is 3.83. The van der Waals surface area contributed by atoms with Gasteiger partial charge in [0, 0.05) is 13.1 Å². The van der Waals surface area contributed by atoms with Crippen molar-refractivity contribution < 1.29 is 20.1 Å². The molecule has 0 bridgehead atoms. The highest BCUT2D eigenvalue weighted by molar-refractivity contribution is 5.97. The third-order valence-corrected chi connectivity index (χ3v) is 2.89. The molecule has 3 N–H and O–H groups in total. The first-order valence-corrected chi connectivity index (χ1v) is 5.57. The molecule has 5 nitrogen and oxygen atoms in total. The van der Waals surface area contributed by atoms with Crippen LogP contribution in [0.25, 0.3) is 0 Å². The summed E-state index contributed by atoms with van der Waals surface area (Å²) in [5, 5.41) is 28.4. The van der Waals surface area contributed by atoms with Gasteiger partial charge in [0.1, 0.15) is 11.5 Å². The van der Waals surface area contributed by atoms with Gasteiger partial charge >= 0.3 is 0 Å². The highest BCUT2D eigenvalue weighted by Crippen LogP contribution is 2.24. The van der Waals surface area contributed by atoms with Crippen molar-refractivity contribution in [2.24, 2.45) is 0 Å². The number of aromatic hydroxyl groups is 2. The molecular weight excluding hydrogens is 222 g/mol. The molecular formula is C12H15NO4. The number of phenols is 2. The normalized spacial score (nSPS) is 20.3. The Morgan fingerprint density at radius 2 is 2.12 bits per heavy atom. The lowest BCUT2D eigenvalue weighted by atomic mass is 10.1. The van der Waals surface area contributed by atoms with E-state index in [1.54, 1.807) is 0 Å². The molecule has 1 atom stereocenters. The highest BCUT2D eigenvalue weighted by Gasteiger charge is 2.24. The van der Waals surface area contributed by atoms with Crippen LogP contribution in [0.2, 0.25) is 0 Å². The fourth-order valence-corrected chi connectivity index (χ4v) is 2.00. The summed E-state index contributed by atoms with van der Waals surface area (Å²) < 4.78 is 0. The number of β-amino-alcohol motifs (C(OH)–C–C–N with tert-alkyl or cyclic N) is 1. The summed E-state index contributed by atoms with van der Waals surface area (Å²) in [4.78, 5) is 13.6. The average Bonchev–Trinajstić information content (AvgIpc) is 2.31. The summed E-state index contributed by atoms with van der Waals surface area (Å²) in [6.45, 7) is 0.832. The van der Waals surface area contributed by atoms with Crippen LogP contribution in [0, 0.1) is 0 Å². The largest absolute Gasteiger partial charge is 0.508 e. The van der Waals surface area contributed by atoms with Crippen molar-refractivity contribution in [1.82, 2.24) is 4.90 Å². The Morgan fingerprint density at radius 3 is 2.82 bits per heavy atom. The molecule has 5 heteroatoms. The maximum Gasteiger partial charge on any atom is 0.257 e. The minimum absolute atomic E-state index is 0.0660. The fourth-order valence-electron chi connectivity index (χ4n) is 2.00. The van der Waals surface area contributed by atoms with Crippen LogP contribution in [-0.4, -0.2) is 45.3 Å². The van der Waals surface area contributed by atoms with Crippen LogP contribution >= 0.6 is 0 Å². The van der Waals surface area contributed by atoms with Gasteiger partial charge in [-0.1, -0.05) is 0 Å². The van der Waals surface area contributed by atoms with Gasteiger partial charge in [0.25, 0.3) is 5.91 Å². The van der Waals surface area contributed by atoms with Gasteiger partial charge in [-0.25, -0.2) is 0 Å². The molecule has 0 unspecified atom stereocenters. The number of aliphatic hydroxyl groups excluding tert-OH is 1. The van der Waals surface area contributed by atoms with E-state index in [1.165, 1.54) is 23.1 Å². The number of aliphatic hydroxyl groups is 1. The maximum atomic E-state index is 12.1. The van der Waals surface area contributed by atoms with E-state index < -0.39 is 6.10 Å². The van der Waals surface area contributed by atoms with Gasteiger partial charge in [0.2, 0.25) is 0 Å². The first-order valence-electron chi connectivity index (χ1n) is 5.57. The first-order chi connectivity index (χ1) is 8.08. The molecule has 1 fully saturated rings. The molecule has 1 aliphatic heterocycles. The standard InChI is InChI=1S/C12H15NO4/c14-8-3-4-11(16)10(6-8)12(17)13-5-1-2-9(15)7-13/h3-4,6,9,14-16H,1-2,5,7H2/t9-/m0/s1. The Balaban J connectivity index is 2.21. The van der Waals surface area contributed by atoms with E-state index in [1.807, 2.05) is 0 Å². The third-order valence-electron chi connectivity index (χ3n) is 2.89. The molecule has 1 saturated heterocycles. The Morgan fingerprint density at radius 1 is 1.35 bits per heavy atom. The molecule has 1 aromatic rings. The molecule has 1 aromatic carbocycles. The summed E-state index contributed by atoms with van der Waals surface area (Å²) >= 11 is 0. The van der Waals surface area contributed by atoms with Crippen LogP contribution in [0.3, 0.4) is 0 Å². The average molecular weight is 237 g/mol. The van der Waals surface area contributed by atoms with E-state index in [2.05, 4.69) is 0 Å². The molecule has 0 saturated carbocycles. The third kappa shape index (κ3) is 2.50. The second-order valence-electron chi connectivity index (χ2n) is 4.25. The molecule has 0 aromatic heterocycles. The van der Waals surface area contributed by atoms with E-state index in [4.69, 9.17) is 0 Å². The minimum atomic E-state index is -0.507. The van der Waals surface area contributed by atoms with Crippen LogP contribution in [-0.2, 0) is 0 Å². The zero-order chi connectivity index (χ0) is 12.4. The lowest BCUT2D eigenvalue weighted by molar-refractivity contribution is 0.0471. The smallest absolute Gasteiger partial charge is 0.257 e. The SMILES string of the molecule is O=C(c1cc(O)ccc1O)N1CCC[C@H](O)C1. The number of amides is 1. The summed E-state index contributed by atoms with van der Waals surface area (Å²) in [6.07, 6.45) is 0.926. The van der Waals surface area contributed by atoms with Crippen LogP contribution in [0.5, 0.6) is 11.5 Å². The van der Waals surface area contributed by atoms with Crippen LogP contribution < -0.4 is 0 Å². The molecule has 92 valence electrons. The molecule has 1 aliphatic rings. The van der Waals surface area contributed by atoms with E-state index in [0.29, 0.717) is 13.0 Å². The first kappa shape index (κ1) is 11.7. The van der Waals surface area contributed by atoms with Crippen molar-refractivity contribution in [1.29, 1.82) is 0 Å². The van der Waals surface area contributed by atoms with E-state index in [0.717, 1.165) is 6.42 Å². The van der Waals surface area contributed by atoms with Gasteiger partial charge in [-0.15, -0.1) is 0 Å². The van der Waals surface area contributed by atoms with Crippen molar-refractivity contribution in [3.05, 3.63) is 23.8 Å². The van der Waals surface area contributed by atoms with Crippen molar-refractivity contribution in [3.63, 3.8) is 0 Å². The number of nitrogens with zero attached hydrogens (tertiary/aromatic N) is 1. The number of likely N-dealkylation sites (tertiary alicyclic amines) is 1. The number of rotatable bonds is 1. The minimum Gasteiger partial charge on any atom is -0.508 e. The summed E-state index contributed by atoms with van der Waals surface area (Å²) in [7, 11) is 0. The van der Waals surface area contributed by atoms with E-state index in [-0.39, 0.29) is 29.5 Å². The maximum absolute atomic E-state index is 12.1. The predicted molar refractivity (Wildman–Crippen MR) is 60.9 cm³/mol. The fraction of sp³-hybridized carbons (Fsp3) is 0.417. The number of hydrogen-bond donors (Lipinski definition) is 3. The van der Waals surface area contributed by atoms with Gasteiger partial charge in [-0.3, -0.25) is 4.79 Å². The molecule has 2 rings (SSSR count).